The van der Waals surface area contributed by atoms with Crippen molar-refractivity contribution in [3.63, 3.8) is 0 Å². The number of hydrogen-bond acceptors (Lipinski definition) is 5. The predicted octanol–water partition coefficient (Wildman–Crippen LogP) is 1.04. The minimum atomic E-state index is 0.288. The summed E-state index contributed by atoms with van der Waals surface area (Å²) in [6.45, 7) is 4.26. The Morgan fingerprint density at radius 1 is 1.41 bits per heavy atom. The van der Waals surface area contributed by atoms with E-state index in [4.69, 9.17) is 11.0 Å². The second kappa shape index (κ2) is 5.51. The van der Waals surface area contributed by atoms with Gasteiger partial charge < -0.3 is 16.0 Å². The van der Waals surface area contributed by atoms with E-state index in [0.717, 1.165) is 18.9 Å². The van der Waals surface area contributed by atoms with Crippen molar-refractivity contribution in [1.82, 2.24) is 9.88 Å². The average molecular weight is 231 g/mol. The highest BCUT2D eigenvalue weighted by atomic mass is 15.2. The van der Waals surface area contributed by atoms with E-state index in [0.29, 0.717) is 5.69 Å². The monoisotopic (exact) mass is 231 g/mol. The Hall–Kier alpha value is -1.80. The highest BCUT2D eigenvalue weighted by Gasteiger charge is 2.10. The minimum absolute atomic E-state index is 0.288. The fourth-order valence-corrected chi connectivity index (χ4v) is 2.01. The average Bonchev–Trinajstić information content (AvgIpc) is 2.84. The number of aromatic nitrogens is 1. The third-order valence-electron chi connectivity index (χ3n) is 2.97. The van der Waals surface area contributed by atoms with Crippen molar-refractivity contribution in [3.8, 4) is 6.07 Å². The van der Waals surface area contributed by atoms with Crippen LogP contribution in [0.25, 0.3) is 0 Å². The number of nitrogens with zero attached hydrogens (tertiary/aromatic N) is 3. The van der Waals surface area contributed by atoms with E-state index in [1.54, 1.807) is 12.1 Å². The fourth-order valence-electron chi connectivity index (χ4n) is 2.01. The van der Waals surface area contributed by atoms with E-state index >= 15 is 0 Å². The Balaban J connectivity index is 1.84. The van der Waals surface area contributed by atoms with Crippen molar-refractivity contribution >= 4 is 11.5 Å². The summed E-state index contributed by atoms with van der Waals surface area (Å²) in [6.07, 6.45) is 2.61. The van der Waals surface area contributed by atoms with Crippen molar-refractivity contribution in [3.05, 3.63) is 17.8 Å². The molecular weight excluding hydrogens is 214 g/mol. The van der Waals surface area contributed by atoms with Crippen LogP contribution in [0, 0.1) is 11.3 Å². The molecule has 1 aliphatic heterocycles. The molecule has 1 aromatic heterocycles. The van der Waals surface area contributed by atoms with Crippen LogP contribution in [0.2, 0.25) is 0 Å². The summed E-state index contributed by atoms with van der Waals surface area (Å²) in [5, 5.41) is 12.0. The normalized spacial score (nSPS) is 15.7. The Kier molecular flexibility index (Phi) is 3.78. The lowest BCUT2D eigenvalue weighted by Crippen LogP contribution is -2.26. The lowest BCUT2D eigenvalue weighted by Gasteiger charge is -2.15. The number of rotatable bonds is 4. The first-order valence-electron chi connectivity index (χ1n) is 5.92. The Morgan fingerprint density at radius 3 is 2.88 bits per heavy atom. The SMILES string of the molecule is N#Cc1nc(NCCN2CCCC2)ccc1N. The summed E-state index contributed by atoms with van der Waals surface area (Å²) in [6, 6.07) is 5.50. The predicted molar refractivity (Wildman–Crippen MR) is 67.5 cm³/mol. The lowest BCUT2D eigenvalue weighted by atomic mass is 10.3. The molecule has 1 aromatic rings. The third-order valence-corrected chi connectivity index (χ3v) is 2.97. The van der Waals surface area contributed by atoms with Crippen LogP contribution in [0.4, 0.5) is 11.5 Å². The fraction of sp³-hybridized carbons (Fsp3) is 0.500. The number of nitrogens with two attached hydrogens (primary N) is 1. The van der Waals surface area contributed by atoms with E-state index in [2.05, 4.69) is 15.2 Å². The molecule has 1 aliphatic rings. The Bertz CT molecular complexity index is 417. The second-order valence-electron chi connectivity index (χ2n) is 4.22. The van der Waals surface area contributed by atoms with Crippen LogP contribution >= 0.6 is 0 Å². The zero-order valence-electron chi connectivity index (χ0n) is 9.82. The van der Waals surface area contributed by atoms with Gasteiger partial charge in [0.15, 0.2) is 5.69 Å². The molecule has 0 unspecified atom stereocenters. The van der Waals surface area contributed by atoms with E-state index < -0.39 is 0 Å². The standard InChI is InChI=1S/C12H17N5/c13-9-11-10(14)3-4-12(16-11)15-5-8-17-6-1-2-7-17/h3-4H,1-2,5-8,14H2,(H,15,16). The molecule has 0 spiro atoms. The molecule has 1 saturated heterocycles. The van der Waals surface area contributed by atoms with Gasteiger partial charge in [-0.1, -0.05) is 0 Å². The molecule has 2 heterocycles. The highest BCUT2D eigenvalue weighted by molar-refractivity contribution is 5.54. The number of nitrogen functional groups attached to an aromatic ring is 1. The molecule has 0 amide bonds. The zero-order chi connectivity index (χ0) is 12.1. The van der Waals surface area contributed by atoms with Crippen molar-refractivity contribution in [1.29, 1.82) is 5.26 Å². The molecule has 5 heteroatoms. The zero-order valence-corrected chi connectivity index (χ0v) is 9.82. The molecule has 17 heavy (non-hydrogen) atoms. The first-order valence-corrected chi connectivity index (χ1v) is 5.92. The molecule has 90 valence electrons. The van der Waals surface area contributed by atoms with Crippen LogP contribution in [0.3, 0.4) is 0 Å². The van der Waals surface area contributed by atoms with Crippen molar-refractivity contribution < 1.29 is 0 Å². The smallest absolute Gasteiger partial charge is 0.165 e. The van der Waals surface area contributed by atoms with Gasteiger partial charge >= 0.3 is 0 Å². The van der Waals surface area contributed by atoms with Crippen LogP contribution in [0.1, 0.15) is 18.5 Å². The number of nitriles is 1. The maximum Gasteiger partial charge on any atom is 0.165 e. The van der Waals surface area contributed by atoms with Crippen LogP contribution in [-0.4, -0.2) is 36.1 Å². The van der Waals surface area contributed by atoms with Gasteiger partial charge in [0.25, 0.3) is 0 Å². The Morgan fingerprint density at radius 2 is 2.18 bits per heavy atom. The topological polar surface area (TPSA) is 78.0 Å². The van der Waals surface area contributed by atoms with E-state index in [9.17, 15) is 0 Å². The largest absolute Gasteiger partial charge is 0.396 e. The van der Waals surface area contributed by atoms with Gasteiger partial charge in [-0.25, -0.2) is 4.98 Å². The maximum atomic E-state index is 8.81. The molecular formula is C12H17N5. The molecule has 0 radical (unpaired) electrons. The summed E-state index contributed by atoms with van der Waals surface area (Å²) in [5.74, 6) is 0.718. The van der Waals surface area contributed by atoms with E-state index in [-0.39, 0.29) is 5.69 Å². The summed E-state index contributed by atoms with van der Waals surface area (Å²) < 4.78 is 0. The molecule has 1 fully saturated rings. The first-order chi connectivity index (χ1) is 8.29. The van der Waals surface area contributed by atoms with Crippen LogP contribution in [0.5, 0.6) is 0 Å². The molecule has 0 aromatic carbocycles. The van der Waals surface area contributed by atoms with Gasteiger partial charge in [-0.05, 0) is 38.1 Å². The molecule has 0 saturated carbocycles. The van der Waals surface area contributed by atoms with Crippen LogP contribution in [-0.2, 0) is 0 Å². The lowest BCUT2D eigenvalue weighted by molar-refractivity contribution is 0.352. The second-order valence-corrected chi connectivity index (χ2v) is 4.22. The molecule has 0 atom stereocenters. The quantitative estimate of drug-likeness (QED) is 0.809. The summed E-state index contributed by atoms with van der Waals surface area (Å²) >= 11 is 0. The molecule has 0 aliphatic carbocycles. The molecule has 2 rings (SSSR count). The van der Waals surface area contributed by atoms with E-state index in [1.165, 1.54) is 25.9 Å². The van der Waals surface area contributed by atoms with E-state index in [1.807, 2.05) is 6.07 Å². The van der Waals surface area contributed by atoms with Crippen molar-refractivity contribution in [2.24, 2.45) is 0 Å². The number of likely N-dealkylation sites (tertiary alicyclic amines) is 1. The number of hydrogen-bond donors (Lipinski definition) is 2. The molecule has 5 nitrogen and oxygen atoms in total. The number of anilines is 2. The van der Waals surface area contributed by atoms with Crippen LogP contribution in [0.15, 0.2) is 12.1 Å². The maximum absolute atomic E-state index is 8.81. The summed E-state index contributed by atoms with van der Waals surface area (Å²) in [7, 11) is 0. The van der Waals surface area contributed by atoms with Gasteiger partial charge in [0, 0.05) is 13.1 Å². The number of pyridine rings is 1. The van der Waals surface area contributed by atoms with Crippen LogP contribution < -0.4 is 11.1 Å². The van der Waals surface area contributed by atoms with Gasteiger partial charge in [-0.3, -0.25) is 0 Å². The summed E-state index contributed by atoms with van der Waals surface area (Å²) in [4.78, 5) is 6.57. The minimum Gasteiger partial charge on any atom is -0.396 e. The van der Waals surface area contributed by atoms with Gasteiger partial charge in [-0.15, -0.1) is 0 Å². The Labute approximate surface area is 101 Å². The molecule has 3 N–H and O–H groups in total. The van der Waals surface area contributed by atoms with Gasteiger partial charge in [-0.2, -0.15) is 5.26 Å². The summed E-state index contributed by atoms with van der Waals surface area (Å²) in [5.41, 5.74) is 6.32. The van der Waals surface area contributed by atoms with Gasteiger partial charge in [0.2, 0.25) is 0 Å². The van der Waals surface area contributed by atoms with Crippen molar-refractivity contribution in [2.45, 2.75) is 12.8 Å². The van der Waals surface area contributed by atoms with Crippen molar-refractivity contribution in [2.75, 3.05) is 37.2 Å². The van der Waals surface area contributed by atoms with Gasteiger partial charge in [0.1, 0.15) is 11.9 Å². The number of nitrogens with one attached hydrogen (secondary N) is 1. The highest BCUT2D eigenvalue weighted by Crippen LogP contribution is 2.12. The van der Waals surface area contributed by atoms with Gasteiger partial charge in [0.05, 0.1) is 5.69 Å². The third kappa shape index (κ3) is 3.08. The molecule has 0 bridgehead atoms. The first kappa shape index (κ1) is 11.7.